The maximum atomic E-state index is 11.7. The summed E-state index contributed by atoms with van der Waals surface area (Å²) in [5.74, 6) is -1.80. The fourth-order valence-electron chi connectivity index (χ4n) is 2.34. The summed E-state index contributed by atoms with van der Waals surface area (Å²) >= 11 is 0. The highest BCUT2D eigenvalue weighted by Gasteiger charge is 2.20. The lowest BCUT2D eigenvalue weighted by Gasteiger charge is -2.22. The minimum atomic E-state index is -0.811. The molecule has 1 aliphatic carbocycles. The normalized spacial score (nSPS) is 15.1. The zero-order valence-corrected chi connectivity index (χ0v) is 12.5. The van der Waals surface area contributed by atoms with Crippen molar-refractivity contribution in [3.05, 3.63) is 11.8 Å². The average molecular weight is 308 g/mol. The first-order valence-electron chi connectivity index (χ1n) is 7.36. The summed E-state index contributed by atoms with van der Waals surface area (Å²) in [5, 5.41) is 11.0. The molecule has 120 valence electrons. The van der Waals surface area contributed by atoms with Gasteiger partial charge < -0.3 is 15.2 Å². The van der Waals surface area contributed by atoms with E-state index in [-0.39, 0.29) is 18.5 Å². The number of nitrogens with one attached hydrogen (secondary N) is 3. The number of carbonyl (C=O) groups is 3. The molecule has 1 aliphatic rings. The number of rotatable bonds is 4. The summed E-state index contributed by atoms with van der Waals surface area (Å²) in [6.07, 6.45) is 5.08. The molecule has 8 nitrogen and oxygen atoms in total. The number of aromatic nitrogens is 1. The van der Waals surface area contributed by atoms with Gasteiger partial charge in [0.05, 0.1) is 12.2 Å². The van der Waals surface area contributed by atoms with Gasteiger partial charge in [-0.15, -0.1) is 0 Å². The maximum Gasteiger partial charge on any atom is 0.309 e. The first kappa shape index (κ1) is 16.0. The van der Waals surface area contributed by atoms with E-state index in [9.17, 15) is 14.4 Å². The van der Waals surface area contributed by atoms with E-state index in [1.165, 1.54) is 6.42 Å². The molecule has 0 spiro atoms. The van der Waals surface area contributed by atoms with Crippen LogP contribution in [-0.2, 0) is 14.4 Å². The Morgan fingerprint density at radius 1 is 1.23 bits per heavy atom. The first-order chi connectivity index (χ1) is 10.5. The summed E-state index contributed by atoms with van der Waals surface area (Å²) in [4.78, 5) is 34.9. The molecule has 1 aromatic heterocycles. The number of hydrogen-bond donors (Lipinski definition) is 3. The van der Waals surface area contributed by atoms with Crippen LogP contribution in [0.2, 0.25) is 0 Å². The summed E-state index contributed by atoms with van der Waals surface area (Å²) < 4.78 is 4.82. The molecule has 0 saturated heterocycles. The highest BCUT2D eigenvalue weighted by Crippen LogP contribution is 2.17. The van der Waals surface area contributed by atoms with Crippen molar-refractivity contribution in [1.82, 2.24) is 15.8 Å². The molecule has 0 atom stereocenters. The van der Waals surface area contributed by atoms with Gasteiger partial charge in [0.1, 0.15) is 0 Å². The molecule has 1 heterocycles. The van der Waals surface area contributed by atoms with Crippen LogP contribution in [-0.4, -0.2) is 35.5 Å². The number of amides is 3. The van der Waals surface area contributed by atoms with Crippen LogP contribution in [0, 0.1) is 6.92 Å². The van der Waals surface area contributed by atoms with Gasteiger partial charge in [-0.1, -0.05) is 24.4 Å². The van der Waals surface area contributed by atoms with Crippen molar-refractivity contribution in [2.24, 2.45) is 0 Å². The van der Waals surface area contributed by atoms with Gasteiger partial charge in [0.2, 0.25) is 11.8 Å². The van der Waals surface area contributed by atoms with E-state index in [1.807, 2.05) is 0 Å². The highest BCUT2D eigenvalue weighted by molar-refractivity contribution is 6.35. The molecular weight excluding hydrogens is 288 g/mol. The Kier molecular flexibility index (Phi) is 5.51. The van der Waals surface area contributed by atoms with Crippen LogP contribution >= 0.6 is 0 Å². The van der Waals surface area contributed by atoms with E-state index in [2.05, 4.69) is 21.1 Å². The van der Waals surface area contributed by atoms with Crippen molar-refractivity contribution >= 4 is 23.6 Å². The number of aryl methyl sites for hydroxylation is 1. The zero-order chi connectivity index (χ0) is 15.9. The van der Waals surface area contributed by atoms with Gasteiger partial charge in [0, 0.05) is 12.1 Å². The van der Waals surface area contributed by atoms with Gasteiger partial charge >= 0.3 is 11.8 Å². The third kappa shape index (κ3) is 4.87. The molecule has 3 amide bonds. The Morgan fingerprint density at radius 2 is 1.95 bits per heavy atom. The van der Waals surface area contributed by atoms with Gasteiger partial charge in [0.15, 0.2) is 0 Å². The molecule has 1 fully saturated rings. The fourth-order valence-corrected chi connectivity index (χ4v) is 2.34. The Hall–Kier alpha value is -2.38. The lowest BCUT2D eigenvalue weighted by molar-refractivity contribution is -0.140. The summed E-state index contributed by atoms with van der Waals surface area (Å²) in [5.41, 5.74) is 0.631. The second-order valence-electron chi connectivity index (χ2n) is 5.37. The lowest BCUT2D eigenvalue weighted by Crippen LogP contribution is -2.46. The van der Waals surface area contributed by atoms with Crippen molar-refractivity contribution in [2.45, 2.75) is 45.1 Å². The molecule has 1 aromatic rings. The molecular formula is C14H20N4O4. The zero-order valence-electron chi connectivity index (χ0n) is 12.5. The third-order valence-corrected chi connectivity index (χ3v) is 3.45. The second-order valence-corrected chi connectivity index (χ2v) is 5.37. The van der Waals surface area contributed by atoms with E-state index < -0.39 is 17.7 Å². The van der Waals surface area contributed by atoms with E-state index in [0.29, 0.717) is 5.69 Å². The molecule has 0 unspecified atom stereocenters. The molecule has 0 aromatic carbocycles. The van der Waals surface area contributed by atoms with Gasteiger partial charge in [0.25, 0.3) is 0 Å². The van der Waals surface area contributed by atoms with Crippen LogP contribution < -0.4 is 16.0 Å². The Labute approximate surface area is 128 Å². The van der Waals surface area contributed by atoms with Crippen LogP contribution in [0.4, 0.5) is 5.88 Å². The van der Waals surface area contributed by atoms with Gasteiger partial charge in [-0.3, -0.25) is 19.7 Å². The van der Waals surface area contributed by atoms with Crippen LogP contribution in [0.15, 0.2) is 10.6 Å². The minimum absolute atomic E-state index is 0.0537. The monoisotopic (exact) mass is 308 g/mol. The van der Waals surface area contributed by atoms with E-state index >= 15 is 0 Å². The van der Waals surface area contributed by atoms with Crippen molar-refractivity contribution in [1.29, 1.82) is 0 Å². The summed E-state index contributed by atoms with van der Waals surface area (Å²) in [6, 6.07) is 1.60. The van der Waals surface area contributed by atoms with Crippen molar-refractivity contribution in [3.63, 3.8) is 0 Å². The predicted octanol–water partition coefficient (Wildman–Crippen LogP) is 0.487. The molecule has 1 saturated carbocycles. The largest absolute Gasteiger partial charge is 0.345 e. The Bertz CT molecular complexity index is 549. The average Bonchev–Trinajstić information content (AvgIpc) is 2.90. The molecule has 0 bridgehead atoms. The Balaban J connectivity index is 1.69. The Morgan fingerprint density at radius 3 is 2.59 bits per heavy atom. The van der Waals surface area contributed by atoms with Gasteiger partial charge in [-0.2, -0.15) is 0 Å². The number of hydrogen-bond acceptors (Lipinski definition) is 5. The maximum absolute atomic E-state index is 11.7. The van der Waals surface area contributed by atoms with Gasteiger partial charge in [-0.25, -0.2) is 0 Å². The molecule has 2 rings (SSSR count). The van der Waals surface area contributed by atoms with Crippen LogP contribution in [0.5, 0.6) is 0 Å². The van der Waals surface area contributed by atoms with Gasteiger partial charge in [-0.05, 0) is 19.8 Å². The third-order valence-electron chi connectivity index (χ3n) is 3.45. The quantitative estimate of drug-likeness (QED) is 0.700. The standard InChI is InChI=1S/C14H20N4O4/c1-9-7-12(22-18-9)17-11(19)8-15-13(20)14(21)16-10-5-3-2-4-6-10/h7,10H,2-6,8H2,1H3,(H,15,20)(H,16,21)(H,17,19). The smallest absolute Gasteiger partial charge is 0.309 e. The number of anilines is 1. The molecule has 22 heavy (non-hydrogen) atoms. The molecule has 3 N–H and O–H groups in total. The van der Waals surface area contributed by atoms with Crippen molar-refractivity contribution in [2.75, 3.05) is 11.9 Å². The minimum Gasteiger partial charge on any atom is -0.345 e. The highest BCUT2D eigenvalue weighted by atomic mass is 16.5. The lowest BCUT2D eigenvalue weighted by atomic mass is 9.95. The number of carbonyl (C=O) groups excluding carboxylic acids is 3. The van der Waals surface area contributed by atoms with Crippen molar-refractivity contribution in [3.8, 4) is 0 Å². The SMILES string of the molecule is Cc1cc(NC(=O)CNC(=O)C(=O)NC2CCCCC2)on1. The number of nitrogens with zero attached hydrogens (tertiary/aromatic N) is 1. The topological polar surface area (TPSA) is 113 Å². The van der Waals surface area contributed by atoms with Crippen LogP contribution in [0.1, 0.15) is 37.8 Å². The summed E-state index contributed by atoms with van der Waals surface area (Å²) in [6.45, 7) is 1.41. The fraction of sp³-hybridized carbons (Fsp3) is 0.571. The van der Waals surface area contributed by atoms with E-state index in [0.717, 1.165) is 25.7 Å². The summed E-state index contributed by atoms with van der Waals surface area (Å²) in [7, 11) is 0. The molecule has 0 aliphatic heterocycles. The molecule has 0 radical (unpaired) electrons. The second kappa shape index (κ2) is 7.58. The van der Waals surface area contributed by atoms with Crippen LogP contribution in [0.25, 0.3) is 0 Å². The van der Waals surface area contributed by atoms with E-state index in [4.69, 9.17) is 4.52 Å². The van der Waals surface area contributed by atoms with Crippen molar-refractivity contribution < 1.29 is 18.9 Å². The van der Waals surface area contributed by atoms with Crippen LogP contribution in [0.3, 0.4) is 0 Å². The predicted molar refractivity (Wildman–Crippen MR) is 77.9 cm³/mol. The van der Waals surface area contributed by atoms with E-state index in [1.54, 1.807) is 13.0 Å². The molecule has 8 heteroatoms. The first-order valence-corrected chi connectivity index (χ1v) is 7.36.